The Morgan fingerprint density at radius 3 is 2.81 bits per heavy atom. The van der Waals surface area contributed by atoms with Crippen molar-refractivity contribution in [3.8, 4) is 0 Å². The molecule has 2 heterocycles. The fourth-order valence-electron chi connectivity index (χ4n) is 3.49. The second kappa shape index (κ2) is 6.71. The summed E-state index contributed by atoms with van der Waals surface area (Å²) in [6.07, 6.45) is 0.380. The lowest BCUT2D eigenvalue weighted by atomic mass is 10.0. The third-order valence-corrected chi connectivity index (χ3v) is 4.87. The van der Waals surface area contributed by atoms with Crippen LogP contribution < -0.4 is 10.2 Å². The van der Waals surface area contributed by atoms with E-state index in [-0.39, 0.29) is 18.2 Å². The number of urea groups is 1. The van der Waals surface area contributed by atoms with E-state index in [0.29, 0.717) is 26.1 Å². The first-order valence-corrected chi connectivity index (χ1v) is 8.78. The first-order valence-electron chi connectivity index (χ1n) is 8.78. The summed E-state index contributed by atoms with van der Waals surface area (Å²) in [5.41, 5.74) is 3.63. The second-order valence-electron chi connectivity index (χ2n) is 6.74. The number of ether oxygens (including phenoxy) is 1. The fourth-order valence-corrected chi connectivity index (χ4v) is 3.49. The molecule has 2 aliphatic rings. The molecule has 2 aromatic carbocycles. The number of cyclic esters (lactones) is 1. The number of nitrogens with one attached hydrogen (secondary N) is 1. The van der Waals surface area contributed by atoms with E-state index in [2.05, 4.69) is 5.32 Å². The molecule has 1 N–H and O–H groups in total. The number of rotatable bonds is 1. The molecule has 0 saturated carbocycles. The highest BCUT2D eigenvalue weighted by molar-refractivity contribution is 5.92. The summed E-state index contributed by atoms with van der Waals surface area (Å²) >= 11 is 0. The van der Waals surface area contributed by atoms with Gasteiger partial charge in [0.1, 0.15) is 6.61 Å². The Morgan fingerprint density at radius 2 is 2.00 bits per heavy atom. The molecule has 26 heavy (non-hydrogen) atoms. The lowest BCUT2D eigenvalue weighted by Gasteiger charge is -2.32. The Kier molecular flexibility index (Phi) is 4.24. The molecular formula is C20H21N3O3. The Bertz CT molecular complexity index is 837. The largest absolute Gasteiger partial charge is 0.447 e. The number of fused-ring (bicyclic) bond motifs is 3. The average molecular weight is 351 g/mol. The molecule has 6 nitrogen and oxygen atoms in total. The molecule has 1 atom stereocenters. The summed E-state index contributed by atoms with van der Waals surface area (Å²) in [6.45, 7) is 3.37. The minimum absolute atomic E-state index is 0.0459. The summed E-state index contributed by atoms with van der Waals surface area (Å²) < 4.78 is 5.27. The van der Waals surface area contributed by atoms with Crippen molar-refractivity contribution in [3.63, 3.8) is 0 Å². The predicted molar refractivity (Wildman–Crippen MR) is 99.3 cm³/mol. The number of para-hydroxylation sites is 1. The van der Waals surface area contributed by atoms with Crippen LogP contribution in [0.25, 0.3) is 0 Å². The highest BCUT2D eigenvalue weighted by Gasteiger charge is 2.37. The first kappa shape index (κ1) is 16.4. The number of carbonyl (C=O) groups is 2. The summed E-state index contributed by atoms with van der Waals surface area (Å²) in [7, 11) is 0. The van der Waals surface area contributed by atoms with Crippen LogP contribution in [0.5, 0.6) is 0 Å². The number of hydrogen-bond donors (Lipinski definition) is 1. The van der Waals surface area contributed by atoms with Gasteiger partial charge in [-0.05, 0) is 42.7 Å². The third-order valence-electron chi connectivity index (χ3n) is 4.87. The van der Waals surface area contributed by atoms with Gasteiger partial charge in [-0.25, -0.2) is 9.59 Å². The Balaban J connectivity index is 1.63. The van der Waals surface area contributed by atoms with Gasteiger partial charge >= 0.3 is 12.1 Å². The first-order chi connectivity index (χ1) is 12.6. The maximum Gasteiger partial charge on any atom is 0.414 e. The minimum atomic E-state index is -0.302. The number of benzene rings is 2. The SMILES string of the molecule is Cc1ccc2c(c1)N1C(=O)OC[C@@H]1CCN(C(=O)Nc1ccccc1)C2. The Hall–Kier alpha value is -3.02. The standard InChI is InChI=1S/C20H21N3O3/c1-14-7-8-15-12-22(19(24)21-16-5-3-2-4-6-16)10-9-17-13-26-20(25)23(17)18(15)11-14/h2-8,11,17H,9-10,12-13H2,1H3,(H,21,24)/t17-/m0/s1. The van der Waals surface area contributed by atoms with Gasteiger partial charge in [0, 0.05) is 18.8 Å². The van der Waals surface area contributed by atoms with Gasteiger partial charge in [-0.3, -0.25) is 4.90 Å². The highest BCUT2D eigenvalue weighted by Crippen LogP contribution is 2.32. The topological polar surface area (TPSA) is 61.9 Å². The van der Waals surface area contributed by atoms with Crippen molar-refractivity contribution in [1.82, 2.24) is 4.90 Å². The van der Waals surface area contributed by atoms with Crippen molar-refractivity contribution < 1.29 is 14.3 Å². The molecule has 0 spiro atoms. The second-order valence-corrected chi connectivity index (χ2v) is 6.74. The van der Waals surface area contributed by atoms with Crippen LogP contribution in [0.4, 0.5) is 21.0 Å². The molecule has 0 radical (unpaired) electrons. The molecule has 2 aromatic rings. The van der Waals surface area contributed by atoms with Gasteiger partial charge in [0.25, 0.3) is 0 Å². The summed E-state index contributed by atoms with van der Waals surface area (Å²) in [5, 5.41) is 2.95. The van der Waals surface area contributed by atoms with Crippen LogP contribution in [0, 0.1) is 6.92 Å². The molecule has 134 valence electrons. The Labute approximate surface area is 152 Å². The van der Waals surface area contributed by atoms with Crippen LogP contribution in [0.1, 0.15) is 17.5 Å². The van der Waals surface area contributed by atoms with Crippen LogP contribution in [0.3, 0.4) is 0 Å². The molecule has 2 aliphatic heterocycles. The van der Waals surface area contributed by atoms with Gasteiger partial charge in [0.05, 0.1) is 11.7 Å². The zero-order valence-corrected chi connectivity index (χ0v) is 14.6. The number of aryl methyl sites for hydroxylation is 1. The smallest absolute Gasteiger partial charge is 0.414 e. The maximum atomic E-state index is 12.8. The summed E-state index contributed by atoms with van der Waals surface area (Å²) in [5.74, 6) is 0. The van der Waals surface area contributed by atoms with E-state index in [4.69, 9.17) is 4.74 Å². The Morgan fingerprint density at radius 1 is 1.19 bits per heavy atom. The van der Waals surface area contributed by atoms with Crippen LogP contribution in [0.15, 0.2) is 48.5 Å². The molecule has 6 heteroatoms. The van der Waals surface area contributed by atoms with Crippen molar-refractivity contribution in [3.05, 3.63) is 59.7 Å². The molecule has 3 amide bonds. The third kappa shape index (κ3) is 3.10. The number of hydrogen-bond acceptors (Lipinski definition) is 3. The lowest BCUT2D eigenvalue weighted by Crippen LogP contribution is -2.43. The zero-order chi connectivity index (χ0) is 18.1. The monoisotopic (exact) mass is 351 g/mol. The molecule has 0 bridgehead atoms. The predicted octanol–water partition coefficient (Wildman–Crippen LogP) is 3.76. The van der Waals surface area contributed by atoms with Gasteiger partial charge in [-0.2, -0.15) is 0 Å². The molecule has 1 saturated heterocycles. The van der Waals surface area contributed by atoms with Crippen LogP contribution >= 0.6 is 0 Å². The molecular weight excluding hydrogens is 330 g/mol. The zero-order valence-electron chi connectivity index (χ0n) is 14.6. The number of amides is 3. The fraction of sp³-hybridized carbons (Fsp3) is 0.300. The summed E-state index contributed by atoms with van der Waals surface area (Å²) in [4.78, 5) is 28.5. The molecule has 0 unspecified atom stereocenters. The maximum absolute atomic E-state index is 12.8. The molecule has 0 aliphatic carbocycles. The van der Waals surface area contributed by atoms with Gasteiger partial charge in [0.2, 0.25) is 0 Å². The van der Waals surface area contributed by atoms with Crippen molar-refractivity contribution in [2.75, 3.05) is 23.4 Å². The highest BCUT2D eigenvalue weighted by atomic mass is 16.6. The van der Waals surface area contributed by atoms with Gasteiger partial charge in [-0.1, -0.05) is 30.3 Å². The van der Waals surface area contributed by atoms with Crippen molar-refractivity contribution in [2.24, 2.45) is 0 Å². The molecule has 1 fully saturated rings. The van der Waals surface area contributed by atoms with E-state index >= 15 is 0 Å². The average Bonchev–Trinajstić information content (AvgIpc) is 2.98. The van der Waals surface area contributed by atoms with Gasteiger partial charge in [0.15, 0.2) is 0 Å². The van der Waals surface area contributed by atoms with Crippen molar-refractivity contribution >= 4 is 23.5 Å². The summed E-state index contributed by atoms with van der Waals surface area (Å²) in [6, 6.07) is 15.2. The minimum Gasteiger partial charge on any atom is -0.447 e. The van der Waals surface area contributed by atoms with E-state index in [9.17, 15) is 9.59 Å². The van der Waals surface area contributed by atoms with E-state index in [1.807, 2.05) is 55.5 Å². The van der Waals surface area contributed by atoms with Crippen LogP contribution in [0.2, 0.25) is 0 Å². The van der Waals surface area contributed by atoms with Crippen LogP contribution in [-0.2, 0) is 11.3 Å². The van der Waals surface area contributed by atoms with E-state index in [0.717, 1.165) is 22.5 Å². The number of anilines is 2. The van der Waals surface area contributed by atoms with Crippen molar-refractivity contribution in [1.29, 1.82) is 0 Å². The van der Waals surface area contributed by atoms with E-state index in [1.165, 1.54) is 0 Å². The van der Waals surface area contributed by atoms with Crippen LogP contribution in [-0.4, -0.2) is 36.2 Å². The van der Waals surface area contributed by atoms with E-state index in [1.54, 1.807) is 9.80 Å². The van der Waals surface area contributed by atoms with Gasteiger partial charge in [-0.15, -0.1) is 0 Å². The molecule has 0 aromatic heterocycles. The lowest BCUT2D eigenvalue weighted by molar-refractivity contribution is 0.177. The normalized spacial score (nSPS) is 19.1. The van der Waals surface area contributed by atoms with E-state index < -0.39 is 0 Å². The number of nitrogens with zero attached hydrogens (tertiary/aromatic N) is 2. The van der Waals surface area contributed by atoms with Crippen molar-refractivity contribution in [2.45, 2.75) is 25.9 Å². The quantitative estimate of drug-likeness (QED) is 0.851. The molecule has 4 rings (SSSR count). The number of carbonyl (C=O) groups excluding carboxylic acids is 2. The van der Waals surface area contributed by atoms with Gasteiger partial charge < -0.3 is 15.0 Å².